The number of hydrogen-bond acceptors (Lipinski definition) is 7. The molecule has 0 saturated heterocycles. The summed E-state index contributed by atoms with van der Waals surface area (Å²) in [4.78, 5) is 10.4. The van der Waals surface area contributed by atoms with Crippen LogP contribution in [0.4, 0.5) is 0 Å². The van der Waals surface area contributed by atoms with E-state index in [0.29, 0.717) is 18.3 Å². The molecule has 0 aromatic carbocycles. The van der Waals surface area contributed by atoms with Crippen LogP contribution in [0.3, 0.4) is 0 Å². The molecule has 0 bridgehead atoms. The first kappa shape index (κ1) is 12.7. The van der Waals surface area contributed by atoms with Gasteiger partial charge in [-0.1, -0.05) is 5.16 Å². The summed E-state index contributed by atoms with van der Waals surface area (Å²) < 4.78 is 6.98. The highest BCUT2D eigenvalue weighted by Gasteiger charge is 2.18. The molecule has 3 heterocycles. The molecule has 0 aliphatic carbocycles. The average molecular weight is 273 g/mol. The lowest BCUT2D eigenvalue weighted by molar-refractivity contribution is 0.357. The number of hydrogen-bond donors (Lipinski definition) is 1. The topological polar surface area (TPSA) is 98.4 Å². The Morgan fingerprint density at radius 1 is 1.40 bits per heavy atom. The second kappa shape index (κ2) is 4.99. The van der Waals surface area contributed by atoms with E-state index in [9.17, 15) is 0 Å². The van der Waals surface area contributed by atoms with Crippen molar-refractivity contribution in [3.05, 3.63) is 30.6 Å². The highest BCUT2D eigenvalue weighted by molar-refractivity contribution is 5.73. The van der Waals surface area contributed by atoms with Gasteiger partial charge in [0.15, 0.2) is 5.82 Å². The normalized spacial score (nSPS) is 13.2. The Morgan fingerprint density at radius 3 is 3.05 bits per heavy atom. The summed E-state index contributed by atoms with van der Waals surface area (Å²) in [7, 11) is 3.88. The van der Waals surface area contributed by atoms with Gasteiger partial charge in [-0.2, -0.15) is 10.1 Å². The number of rotatable bonds is 4. The van der Waals surface area contributed by atoms with Gasteiger partial charge in [-0.05, 0) is 14.1 Å². The van der Waals surface area contributed by atoms with Crippen LogP contribution in [0.25, 0.3) is 17.0 Å². The predicted octanol–water partition coefficient (Wildman–Crippen LogP) is 0.341. The molecule has 8 nitrogen and oxygen atoms in total. The van der Waals surface area contributed by atoms with E-state index in [2.05, 4.69) is 20.2 Å². The molecule has 2 N–H and O–H groups in total. The van der Waals surface area contributed by atoms with Crippen molar-refractivity contribution in [1.82, 2.24) is 29.6 Å². The largest absolute Gasteiger partial charge is 0.334 e. The van der Waals surface area contributed by atoms with Crippen molar-refractivity contribution in [2.45, 2.75) is 6.04 Å². The molecule has 3 aromatic heterocycles. The molecule has 1 unspecified atom stereocenters. The zero-order valence-electron chi connectivity index (χ0n) is 11.3. The van der Waals surface area contributed by atoms with Crippen molar-refractivity contribution in [3.63, 3.8) is 0 Å². The third kappa shape index (κ3) is 2.26. The lowest BCUT2D eigenvalue weighted by atomic mass is 10.2. The molecule has 8 heteroatoms. The lowest BCUT2D eigenvalue weighted by Crippen LogP contribution is -2.26. The first-order valence-electron chi connectivity index (χ1n) is 6.17. The second-order valence-corrected chi connectivity index (χ2v) is 4.79. The Kier molecular flexibility index (Phi) is 3.17. The van der Waals surface area contributed by atoms with Crippen molar-refractivity contribution in [3.8, 4) is 11.5 Å². The molecule has 0 saturated carbocycles. The Balaban J connectivity index is 1.94. The SMILES string of the molecule is CN(C)CC(N)c1noc(-c2cnn3ccncc23)n1. The van der Waals surface area contributed by atoms with Crippen LogP contribution >= 0.6 is 0 Å². The maximum Gasteiger partial charge on any atom is 0.261 e. The fourth-order valence-corrected chi connectivity index (χ4v) is 1.97. The molecule has 0 spiro atoms. The molecule has 0 radical (unpaired) electrons. The molecule has 0 aliphatic heterocycles. The molecular formula is C12H15N7O. The lowest BCUT2D eigenvalue weighted by Gasteiger charge is -2.12. The van der Waals surface area contributed by atoms with Crippen LogP contribution in [0.15, 0.2) is 29.3 Å². The summed E-state index contributed by atoms with van der Waals surface area (Å²) in [5, 5.41) is 8.14. The van der Waals surface area contributed by atoms with Crippen LogP contribution in [0.1, 0.15) is 11.9 Å². The quantitative estimate of drug-likeness (QED) is 0.731. The molecule has 3 aromatic rings. The van der Waals surface area contributed by atoms with E-state index >= 15 is 0 Å². The van der Waals surface area contributed by atoms with E-state index in [4.69, 9.17) is 10.3 Å². The van der Waals surface area contributed by atoms with Gasteiger partial charge in [-0.3, -0.25) is 4.98 Å². The van der Waals surface area contributed by atoms with Crippen molar-refractivity contribution < 1.29 is 4.52 Å². The minimum Gasteiger partial charge on any atom is -0.334 e. The van der Waals surface area contributed by atoms with Gasteiger partial charge in [-0.15, -0.1) is 0 Å². The number of likely N-dealkylation sites (N-methyl/N-ethyl adjacent to an activating group) is 1. The number of nitrogens with two attached hydrogens (primary N) is 1. The van der Waals surface area contributed by atoms with E-state index in [-0.39, 0.29) is 6.04 Å². The van der Waals surface area contributed by atoms with Gasteiger partial charge in [0.2, 0.25) is 0 Å². The standard InChI is InChI=1S/C12H15N7O/c1-18(2)7-9(13)11-16-12(20-17-11)8-5-15-19-4-3-14-6-10(8)19/h3-6,9H,7,13H2,1-2H3. The molecular weight excluding hydrogens is 258 g/mol. The summed E-state index contributed by atoms with van der Waals surface area (Å²) in [5.74, 6) is 0.883. The van der Waals surface area contributed by atoms with Crippen molar-refractivity contribution in [1.29, 1.82) is 0 Å². The summed E-state index contributed by atoms with van der Waals surface area (Å²) in [5.41, 5.74) is 7.57. The smallest absolute Gasteiger partial charge is 0.261 e. The molecule has 20 heavy (non-hydrogen) atoms. The molecule has 3 rings (SSSR count). The average Bonchev–Trinajstić information content (AvgIpc) is 3.04. The Morgan fingerprint density at radius 2 is 2.25 bits per heavy atom. The van der Waals surface area contributed by atoms with E-state index < -0.39 is 0 Å². The fourth-order valence-electron chi connectivity index (χ4n) is 1.97. The van der Waals surface area contributed by atoms with E-state index in [0.717, 1.165) is 11.1 Å². The highest BCUT2D eigenvalue weighted by Crippen LogP contribution is 2.23. The molecule has 104 valence electrons. The van der Waals surface area contributed by atoms with Gasteiger partial charge in [-0.25, -0.2) is 4.52 Å². The van der Waals surface area contributed by atoms with E-state index in [1.165, 1.54) is 0 Å². The first-order chi connectivity index (χ1) is 9.65. The van der Waals surface area contributed by atoms with Gasteiger partial charge in [0.25, 0.3) is 5.89 Å². The van der Waals surface area contributed by atoms with Crippen LogP contribution in [-0.2, 0) is 0 Å². The predicted molar refractivity (Wildman–Crippen MR) is 71.8 cm³/mol. The monoisotopic (exact) mass is 273 g/mol. The van der Waals surface area contributed by atoms with Crippen LogP contribution in [0.5, 0.6) is 0 Å². The molecule has 1 atom stereocenters. The number of nitrogens with zero attached hydrogens (tertiary/aromatic N) is 6. The van der Waals surface area contributed by atoms with Crippen LogP contribution in [0.2, 0.25) is 0 Å². The summed E-state index contributed by atoms with van der Waals surface area (Å²) >= 11 is 0. The minimum absolute atomic E-state index is 0.289. The zero-order chi connectivity index (χ0) is 14.1. The number of fused-ring (bicyclic) bond motifs is 1. The van der Waals surface area contributed by atoms with Crippen molar-refractivity contribution in [2.75, 3.05) is 20.6 Å². The van der Waals surface area contributed by atoms with E-state index in [1.54, 1.807) is 29.3 Å². The van der Waals surface area contributed by atoms with E-state index in [1.807, 2.05) is 19.0 Å². The summed E-state index contributed by atoms with van der Waals surface area (Å²) in [6.45, 7) is 0.648. The third-order valence-corrected chi connectivity index (χ3v) is 2.89. The summed E-state index contributed by atoms with van der Waals surface area (Å²) in [6.07, 6.45) is 6.79. The van der Waals surface area contributed by atoms with Gasteiger partial charge in [0.1, 0.15) is 0 Å². The van der Waals surface area contributed by atoms with Crippen LogP contribution in [0, 0.1) is 0 Å². The zero-order valence-corrected chi connectivity index (χ0v) is 11.3. The highest BCUT2D eigenvalue weighted by atomic mass is 16.5. The minimum atomic E-state index is -0.289. The van der Waals surface area contributed by atoms with Gasteiger partial charge < -0.3 is 15.2 Å². The Labute approximate surface area is 115 Å². The Bertz CT molecular complexity index is 717. The van der Waals surface area contributed by atoms with Crippen molar-refractivity contribution >= 4 is 5.52 Å². The number of aromatic nitrogens is 5. The van der Waals surface area contributed by atoms with Gasteiger partial charge in [0.05, 0.1) is 29.5 Å². The summed E-state index contributed by atoms with van der Waals surface area (Å²) in [6, 6.07) is -0.289. The van der Waals surface area contributed by atoms with Gasteiger partial charge in [0, 0.05) is 18.9 Å². The molecule has 0 fully saturated rings. The van der Waals surface area contributed by atoms with Crippen molar-refractivity contribution in [2.24, 2.45) is 5.73 Å². The third-order valence-electron chi connectivity index (χ3n) is 2.89. The molecule has 0 aliphatic rings. The molecule has 0 amide bonds. The second-order valence-electron chi connectivity index (χ2n) is 4.79. The van der Waals surface area contributed by atoms with Gasteiger partial charge >= 0.3 is 0 Å². The van der Waals surface area contributed by atoms with Crippen LogP contribution in [-0.4, -0.2) is 50.3 Å². The maximum atomic E-state index is 6.02. The maximum absolute atomic E-state index is 6.02. The fraction of sp³-hybridized carbons (Fsp3) is 0.333. The Hall–Kier alpha value is -2.32. The first-order valence-corrected chi connectivity index (χ1v) is 6.17. The van der Waals surface area contributed by atoms with Crippen LogP contribution < -0.4 is 5.73 Å².